The fraction of sp³-hybridized carbons (Fsp3) is 1.00. The van der Waals surface area contributed by atoms with Gasteiger partial charge in [0.15, 0.2) is 0 Å². The summed E-state index contributed by atoms with van der Waals surface area (Å²) in [5.41, 5.74) is 5.80. The molecule has 0 aromatic carbocycles. The number of rotatable bonds is 2. The molecule has 1 unspecified atom stereocenters. The molecule has 0 amide bonds. The van der Waals surface area contributed by atoms with Gasteiger partial charge in [-0.1, -0.05) is 0 Å². The molecule has 2 aliphatic rings. The molecule has 2 heterocycles. The minimum atomic E-state index is -3.21. The highest BCUT2D eigenvalue weighted by Crippen LogP contribution is 2.19. The Morgan fingerprint density at radius 1 is 1.00 bits per heavy atom. The maximum absolute atomic E-state index is 12.1. The van der Waals surface area contributed by atoms with Gasteiger partial charge in [-0.3, -0.25) is 0 Å². The van der Waals surface area contributed by atoms with E-state index in [9.17, 15) is 8.42 Å². The van der Waals surface area contributed by atoms with Gasteiger partial charge in [0.05, 0.1) is 0 Å². The number of nitrogens with two attached hydrogens (primary N) is 1. The van der Waals surface area contributed by atoms with Gasteiger partial charge in [0.2, 0.25) is 0 Å². The summed E-state index contributed by atoms with van der Waals surface area (Å²) < 4.78 is 27.4. The zero-order valence-electron chi connectivity index (χ0n) is 9.34. The Labute approximate surface area is 104 Å². The molecule has 7 heteroatoms. The summed E-state index contributed by atoms with van der Waals surface area (Å²) in [4.78, 5) is 0. The van der Waals surface area contributed by atoms with E-state index in [4.69, 9.17) is 5.73 Å². The van der Waals surface area contributed by atoms with E-state index in [0.29, 0.717) is 26.2 Å². The molecule has 0 bridgehead atoms. The summed E-state index contributed by atoms with van der Waals surface area (Å²) in [6.07, 6.45) is 3.79. The Kier molecular flexibility index (Phi) is 5.00. The zero-order chi connectivity index (χ0) is 10.9. The molecule has 2 N–H and O–H groups in total. The summed E-state index contributed by atoms with van der Waals surface area (Å²) in [5.74, 6) is 0. The molecule has 96 valence electrons. The van der Waals surface area contributed by atoms with Crippen molar-refractivity contribution in [2.24, 2.45) is 5.73 Å². The molecule has 0 spiro atoms. The molecule has 2 saturated heterocycles. The van der Waals surface area contributed by atoms with Crippen LogP contribution in [0.1, 0.15) is 25.7 Å². The fourth-order valence-corrected chi connectivity index (χ4v) is 4.05. The van der Waals surface area contributed by atoms with E-state index in [2.05, 4.69) is 0 Å². The van der Waals surface area contributed by atoms with Gasteiger partial charge >= 0.3 is 0 Å². The second-order valence-corrected chi connectivity index (χ2v) is 6.30. The molecule has 1 atom stereocenters. The van der Waals surface area contributed by atoms with Crippen LogP contribution in [-0.4, -0.2) is 49.2 Å². The Hall–Kier alpha value is 0.120. The highest BCUT2D eigenvalue weighted by Gasteiger charge is 2.33. The Balaban J connectivity index is 0.00000128. The van der Waals surface area contributed by atoms with Crippen molar-refractivity contribution in [2.75, 3.05) is 26.2 Å². The van der Waals surface area contributed by atoms with Gasteiger partial charge in [-0.25, -0.2) is 0 Å². The minimum absolute atomic E-state index is 0. The van der Waals surface area contributed by atoms with Crippen molar-refractivity contribution in [1.82, 2.24) is 8.61 Å². The third-order valence-corrected chi connectivity index (χ3v) is 5.14. The van der Waals surface area contributed by atoms with Crippen LogP contribution in [0.5, 0.6) is 0 Å². The lowest BCUT2D eigenvalue weighted by Gasteiger charge is -2.32. The molecule has 2 fully saturated rings. The number of nitrogens with zero attached hydrogens (tertiary/aromatic N) is 2. The van der Waals surface area contributed by atoms with Crippen molar-refractivity contribution in [3.63, 3.8) is 0 Å². The average Bonchev–Trinajstić information content (AvgIpc) is 2.71. The van der Waals surface area contributed by atoms with Gasteiger partial charge in [0.25, 0.3) is 10.2 Å². The molecule has 0 aromatic heterocycles. The van der Waals surface area contributed by atoms with Gasteiger partial charge in [-0.15, -0.1) is 12.4 Å². The van der Waals surface area contributed by atoms with E-state index < -0.39 is 10.2 Å². The highest BCUT2D eigenvalue weighted by molar-refractivity contribution is 7.86. The lowest BCUT2D eigenvalue weighted by molar-refractivity contribution is 0.293. The van der Waals surface area contributed by atoms with Gasteiger partial charge in [-0.2, -0.15) is 17.0 Å². The van der Waals surface area contributed by atoms with E-state index in [0.717, 1.165) is 25.7 Å². The SMILES string of the molecule is Cl.NC1CCCN(S(=O)(=O)N2CCCC2)C1. The Bertz CT molecular complexity index is 317. The maximum atomic E-state index is 12.1. The van der Waals surface area contributed by atoms with Crippen LogP contribution >= 0.6 is 12.4 Å². The van der Waals surface area contributed by atoms with Crippen LogP contribution in [0, 0.1) is 0 Å². The predicted molar refractivity (Wildman–Crippen MR) is 65.8 cm³/mol. The molecule has 2 rings (SSSR count). The van der Waals surface area contributed by atoms with Gasteiger partial charge in [0, 0.05) is 32.2 Å². The van der Waals surface area contributed by atoms with Crippen LogP contribution in [0.3, 0.4) is 0 Å². The average molecular weight is 270 g/mol. The lowest BCUT2D eigenvalue weighted by atomic mass is 10.1. The largest absolute Gasteiger partial charge is 0.327 e. The number of piperidine rings is 1. The summed E-state index contributed by atoms with van der Waals surface area (Å²) in [6, 6.07) is 0.0103. The van der Waals surface area contributed by atoms with Crippen molar-refractivity contribution in [3.05, 3.63) is 0 Å². The van der Waals surface area contributed by atoms with Crippen LogP contribution in [0.2, 0.25) is 0 Å². The molecule has 0 saturated carbocycles. The molecule has 16 heavy (non-hydrogen) atoms. The first kappa shape index (κ1) is 14.2. The third-order valence-electron chi connectivity index (χ3n) is 3.14. The number of halogens is 1. The van der Waals surface area contributed by atoms with Crippen molar-refractivity contribution >= 4 is 22.6 Å². The molecular formula is C9H20ClN3O2S. The minimum Gasteiger partial charge on any atom is -0.327 e. The summed E-state index contributed by atoms with van der Waals surface area (Å²) in [6.45, 7) is 2.47. The topological polar surface area (TPSA) is 66.6 Å². The highest BCUT2D eigenvalue weighted by atomic mass is 35.5. The van der Waals surface area contributed by atoms with Crippen LogP contribution in [0.25, 0.3) is 0 Å². The lowest BCUT2D eigenvalue weighted by Crippen LogP contribution is -2.50. The number of hydrogen-bond donors (Lipinski definition) is 1. The van der Waals surface area contributed by atoms with Gasteiger partial charge < -0.3 is 5.73 Å². The molecule has 0 aliphatic carbocycles. The first-order valence-electron chi connectivity index (χ1n) is 5.61. The van der Waals surface area contributed by atoms with E-state index in [1.54, 1.807) is 8.61 Å². The van der Waals surface area contributed by atoms with Crippen LogP contribution in [0.4, 0.5) is 0 Å². The standard InChI is InChI=1S/C9H19N3O2S.ClH/c10-9-4-3-7-12(8-9)15(13,14)11-5-1-2-6-11;/h9H,1-8,10H2;1H. The summed E-state index contributed by atoms with van der Waals surface area (Å²) in [7, 11) is -3.21. The summed E-state index contributed by atoms with van der Waals surface area (Å²) >= 11 is 0. The van der Waals surface area contributed by atoms with Crippen LogP contribution < -0.4 is 5.73 Å². The van der Waals surface area contributed by atoms with Crippen LogP contribution in [0.15, 0.2) is 0 Å². The second-order valence-electron chi connectivity index (χ2n) is 4.37. The van der Waals surface area contributed by atoms with Crippen molar-refractivity contribution < 1.29 is 8.42 Å². The monoisotopic (exact) mass is 269 g/mol. The smallest absolute Gasteiger partial charge is 0.282 e. The van der Waals surface area contributed by atoms with E-state index in [1.807, 2.05) is 0 Å². The molecule has 2 aliphatic heterocycles. The third kappa shape index (κ3) is 2.87. The quantitative estimate of drug-likeness (QED) is 0.777. The zero-order valence-corrected chi connectivity index (χ0v) is 11.0. The first-order chi connectivity index (χ1) is 7.10. The second kappa shape index (κ2) is 5.64. The normalized spacial score (nSPS) is 28.9. The van der Waals surface area contributed by atoms with E-state index >= 15 is 0 Å². The van der Waals surface area contributed by atoms with Gasteiger partial charge in [-0.05, 0) is 25.7 Å². The maximum Gasteiger partial charge on any atom is 0.282 e. The summed E-state index contributed by atoms with van der Waals surface area (Å²) in [5, 5.41) is 0. The van der Waals surface area contributed by atoms with Crippen molar-refractivity contribution in [3.8, 4) is 0 Å². The first-order valence-corrected chi connectivity index (χ1v) is 7.01. The number of hydrogen-bond acceptors (Lipinski definition) is 3. The predicted octanol–water partition coefficient (Wildman–Crippen LogP) is 0.172. The van der Waals surface area contributed by atoms with E-state index in [-0.39, 0.29) is 18.4 Å². The molecule has 5 nitrogen and oxygen atoms in total. The van der Waals surface area contributed by atoms with Crippen LogP contribution in [-0.2, 0) is 10.2 Å². The fourth-order valence-electron chi connectivity index (χ4n) is 2.27. The Morgan fingerprint density at radius 3 is 2.12 bits per heavy atom. The van der Waals surface area contributed by atoms with Crippen molar-refractivity contribution in [1.29, 1.82) is 0 Å². The Morgan fingerprint density at radius 2 is 1.56 bits per heavy atom. The van der Waals surface area contributed by atoms with Crippen molar-refractivity contribution in [2.45, 2.75) is 31.7 Å². The van der Waals surface area contributed by atoms with E-state index in [1.165, 1.54) is 0 Å². The van der Waals surface area contributed by atoms with Gasteiger partial charge in [0.1, 0.15) is 0 Å². The molecule has 0 radical (unpaired) electrons. The molecule has 0 aromatic rings. The molecular weight excluding hydrogens is 250 g/mol.